The molecule has 0 unspecified atom stereocenters. The topological polar surface area (TPSA) is 106 Å². The molecule has 3 atom stereocenters. The van der Waals surface area contributed by atoms with Crippen LogP contribution in [0.25, 0.3) is 10.9 Å². The van der Waals surface area contributed by atoms with Crippen molar-refractivity contribution in [2.24, 2.45) is 5.92 Å². The smallest absolute Gasteiger partial charge is 0.153 e. The highest BCUT2D eigenvalue weighted by molar-refractivity contribution is 5.91. The predicted octanol–water partition coefficient (Wildman–Crippen LogP) is 4.11. The van der Waals surface area contributed by atoms with Crippen LogP contribution in [0, 0.1) is 24.2 Å². The van der Waals surface area contributed by atoms with E-state index in [2.05, 4.69) is 42.9 Å². The summed E-state index contributed by atoms with van der Waals surface area (Å²) in [6, 6.07) is 12.7. The van der Waals surface area contributed by atoms with Crippen molar-refractivity contribution in [3.63, 3.8) is 0 Å². The van der Waals surface area contributed by atoms with Gasteiger partial charge in [0.15, 0.2) is 5.82 Å². The average molecular weight is 429 g/mol. The van der Waals surface area contributed by atoms with Gasteiger partial charge in [-0.25, -0.2) is 4.98 Å². The van der Waals surface area contributed by atoms with Gasteiger partial charge in [-0.15, -0.1) is 0 Å². The lowest BCUT2D eigenvalue weighted by molar-refractivity contribution is 0.0245. The van der Waals surface area contributed by atoms with E-state index in [4.69, 9.17) is 10.2 Å². The van der Waals surface area contributed by atoms with E-state index in [1.54, 1.807) is 0 Å². The van der Waals surface area contributed by atoms with Crippen LogP contribution in [0.3, 0.4) is 0 Å². The van der Waals surface area contributed by atoms with Gasteiger partial charge in [-0.05, 0) is 57.6 Å². The number of hydrogen-bond donors (Lipinski definition) is 3. The maximum absolute atomic E-state index is 9.16. The van der Waals surface area contributed by atoms with Crippen molar-refractivity contribution >= 4 is 28.4 Å². The summed E-state index contributed by atoms with van der Waals surface area (Å²) in [5.74, 6) is 2.64. The zero-order valence-corrected chi connectivity index (χ0v) is 18.3. The lowest BCUT2D eigenvalue weighted by Gasteiger charge is -2.48. The molecule has 0 amide bonds. The summed E-state index contributed by atoms with van der Waals surface area (Å²) in [5, 5.41) is 24.5. The maximum atomic E-state index is 9.16. The van der Waals surface area contributed by atoms with Crippen LogP contribution in [-0.2, 0) is 0 Å². The third kappa shape index (κ3) is 3.47. The Labute approximate surface area is 187 Å². The zero-order chi connectivity index (χ0) is 21.7. The van der Waals surface area contributed by atoms with Gasteiger partial charge in [-0.1, -0.05) is 0 Å². The summed E-state index contributed by atoms with van der Waals surface area (Å²) in [5.41, 5.74) is 1.91. The van der Waals surface area contributed by atoms with Crippen LogP contribution in [-0.4, -0.2) is 49.2 Å². The quantitative estimate of drug-likeness (QED) is 0.561. The van der Waals surface area contributed by atoms with Crippen LogP contribution in [0.15, 0.2) is 30.5 Å². The number of nitrogens with zero attached hydrogens (tertiary/aromatic N) is 5. The van der Waals surface area contributed by atoms with Gasteiger partial charge in [-0.2, -0.15) is 10.4 Å². The monoisotopic (exact) mass is 428 g/mol. The van der Waals surface area contributed by atoms with E-state index < -0.39 is 0 Å². The average Bonchev–Trinajstić information content (AvgIpc) is 3.27. The summed E-state index contributed by atoms with van der Waals surface area (Å²) >= 11 is 0. The molecule has 8 heteroatoms. The third-order valence-electron chi connectivity index (χ3n) is 7.41. The van der Waals surface area contributed by atoms with Crippen molar-refractivity contribution in [2.75, 3.05) is 10.6 Å². The number of nitriles is 1. The molecule has 3 aliphatic rings. The summed E-state index contributed by atoms with van der Waals surface area (Å²) in [6.45, 7) is 1.98. The number of aromatic nitrogens is 4. The van der Waals surface area contributed by atoms with Gasteiger partial charge in [0, 0.05) is 59.5 Å². The molecule has 8 nitrogen and oxygen atoms in total. The van der Waals surface area contributed by atoms with Gasteiger partial charge < -0.3 is 10.6 Å². The number of piperidine rings is 1. The lowest BCUT2D eigenvalue weighted by Crippen LogP contribution is -2.55. The summed E-state index contributed by atoms with van der Waals surface area (Å²) < 4.78 is 0. The predicted molar refractivity (Wildman–Crippen MR) is 124 cm³/mol. The number of nitrogens with one attached hydrogen (secondary N) is 3. The maximum Gasteiger partial charge on any atom is 0.153 e. The Hall–Kier alpha value is -3.18. The normalized spacial score (nSPS) is 29.4. The Balaban J connectivity index is 1.22. The number of anilines is 3. The number of H-pyrrole nitrogens is 1. The number of aryl methyl sites for hydroxylation is 1. The van der Waals surface area contributed by atoms with Crippen molar-refractivity contribution in [3.8, 4) is 6.07 Å². The molecule has 32 heavy (non-hydrogen) atoms. The molecule has 3 N–H and O–H groups in total. The summed E-state index contributed by atoms with van der Waals surface area (Å²) in [6.07, 6.45) is 8.73. The van der Waals surface area contributed by atoms with E-state index in [0.717, 1.165) is 59.7 Å². The standard InChI is InChI=1S/C24H28N8/c1-14-7-23(31-30-14)28-22-12-21-20(3-2-6-26-21)24(29-22)27-16-10-17-4-5-18(11-16)32(17)19-8-15(9-19)13-25/h2-3,6-7,12,15-19H,4-5,8-11H2,1H3,(H3,27,28,29,30,31)/t15-,16-,17-,18+,19+. The minimum absolute atomic E-state index is 0.270. The molecule has 1 saturated carbocycles. The molecule has 0 radical (unpaired) electrons. The highest BCUT2D eigenvalue weighted by Gasteiger charge is 2.47. The second-order valence-electron chi connectivity index (χ2n) is 9.58. The first-order valence-corrected chi connectivity index (χ1v) is 11.6. The van der Waals surface area contributed by atoms with Crippen molar-refractivity contribution < 1.29 is 0 Å². The molecule has 2 saturated heterocycles. The number of pyridine rings is 2. The molecule has 6 rings (SSSR count). The Morgan fingerprint density at radius 1 is 1.09 bits per heavy atom. The minimum atomic E-state index is 0.270. The van der Waals surface area contributed by atoms with Crippen molar-refractivity contribution in [3.05, 3.63) is 36.2 Å². The molecule has 5 heterocycles. The zero-order valence-electron chi connectivity index (χ0n) is 18.3. The molecule has 3 aromatic rings. The molecule has 3 aromatic heterocycles. The van der Waals surface area contributed by atoms with Crippen molar-refractivity contribution in [1.82, 2.24) is 25.1 Å². The van der Waals surface area contributed by atoms with Crippen LogP contribution in [0.5, 0.6) is 0 Å². The van der Waals surface area contributed by atoms with Crippen LogP contribution in [0.2, 0.25) is 0 Å². The molecule has 1 aliphatic carbocycles. The highest BCUT2D eigenvalue weighted by Crippen LogP contribution is 2.44. The molecular formula is C24H28N8. The van der Waals surface area contributed by atoms with Crippen LogP contribution < -0.4 is 10.6 Å². The van der Waals surface area contributed by atoms with Crippen LogP contribution in [0.1, 0.15) is 44.2 Å². The second kappa shape index (κ2) is 7.75. The first kappa shape index (κ1) is 19.5. The molecular weight excluding hydrogens is 400 g/mol. The van der Waals surface area contributed by atoms with Gasteiger partial charge in [0.05, 0.1) is 11.6 Å². The molecule has 0 aromatic carbocycles. The van der Waals surface area contributed by atoms with Crippen molar-refractivity contribution in [1.29, 1.82) is 5.26 Å². The van der Waals surface area contributed by atoms with Gasteiger partial charge in [0.25, 0.3) is 0 Å². The Bertz CT molecular complexity index is 1160. The van der Waals surface area contributed by atoms with E-state index in [1.165, 1.54) is 12.8 Å². The number of aromatic amines is 1. The van der Waals surface area contributed by atoms with Gasteiger partial charge >= 0.3 is 0 Å². The largest absolute Gasteiger partial charge is 0.367 e. The van der Waals surface area contributed by atoms with E-state index in [-0.39, 0.29) is 5.92 Å². The van der Waals surface area contributed by atoms with E-state index in [0.29, 0.717) is 24.2 Å². The van der Waals surface area contributed by atoms with Crippen LogP contribution in [0.4, 0.5) is 17.5 Å². The number of hydrogen-bond acceptors (Lipinski definition) is 7. The summed E-state index contributed by atoms with van der Waals surface area (Å²) in [4.78, 5) is 12.2. The number of fused-ring (bicyclic) bond motifs is 3. The van der Waals surface area contributed by atoms with Crippen LogP contribution >= 0.6 is 0 Å². The van der Waals surface area contributed by atoms with Gasteiger partial charge in [-0.3, -0.25) is 15.0 Å². The van der Waals surface area contributed by atoms with E-state index in [9.17, 15) is 0 Å². The Kier molecular flexibility index (Phi) is 4.72. The summed E-state index contributed by atoms with van der Waals surface area (Å²) in [7, 11) is 0. The van der Waals surface area contributed by atoms with Gasteiger partial charge in [0.2, 0.25) is 0 Å². The fraction of sp³-hybridized carbons (Fsp3) is 0.500. The fourth-order valence-electron chi connectivity index (χ4n) is 5.92. The Morgan fingerprint density at radius 3 is 2.62 bits per heavy atom. The molecule has 2 aliphatic heterocycles. The minimum Gasteiger partial charge on any atom is -0.367 e. The molecule has 2 bridgehead atoms. The first-order chi connectivity index (χ1) is 15.7. The molecule has 3 fully saturated rings. The highest BCUT2D eigenvalue weighted by atomic mass is 15.3. The van der Waals surface area contributed by atoms with E-state index >= 15 is 0 Å². The van der Waals surface area contributed by atoms with E-state index in [1.807, 2.05) is 31.3 Å². The molecule has 164 valence electrons. The number of rotatable bonds is 5. The lowest BCUT2D eigenvalue weighted by atomic mass is 9.78. The van der Waals surface area contributed by atoms with Gasteiger partial charge in [0.1, 0.15) is 11.6 Å². The first-order valence-electron chi connectivity index (χ1n) is 11.6. The fourth-order valence-corrected chi connectivity index (χ4v) is 5.92. The van der Waals surface area contributed by atoms with Crippen molar-refractivity contribution in [2.45, 2.75) is 69.6 Å². The molecule has 0 spiro atoms. The SMILES string of the molecule is Cc1cc(Nc2cc3ncccc3c(N[C@@H]3C[C@H]4CC[C@@H](C3)N4[C@H]3C[C@@H](C#N)C3)n2)n[nH]1. The Morgan fingerprint density at radius 2 is 1.91 bits per heavy atom. The third-order valence-corrected chi connectivity index (χ3v) is 7.41. The second-order valence-corrected chi connectivity index (χ2v) is 9.58.